The first-order valence-electron chi connectivity index (χ1n) is 3.64. The van der Waals surface area contributed by atoms with Crippen LogP contribution in [-0.4, -0.2) is 21.8 Å². The number of carboxylic acid groups (broad SMARTS) is 1. The van der Waals surface area contributed by atoms with Crippen LogP contribution in [0.5, 0.6) is 0 Å². The molecule has 0 bridgehead atoms. The van der Waals surface area contributed by atoms with Gasteiger partial charge in [0.25, 0.3) is 0 Å². The zero-order valence-electron chi connectivity index (χ0n) is 5.96. The van der Waals surface area contributed by atoms with Gasteiger partial charge in [-0.05, 0) is 12.8 Å². The van der Waals surface area contributed by atoms with Gasteiger partial charge in [0, 0.05) is 10.8 Å². The van der Waals surface area contributed by atoms with Crippen LogP contribution in [0.3, 0.4) is 0 Å². The Bertz CT molecular complexity index is 151. The van der Waals surface area contributed by atoms with Crippen molar-refractivity contribution in [3.8, 4) is 0 Å². The average molecular weight is 197 g/mol. The molecule has 2 nitrogen and oxygen atoms in total. The summed E-state index contributed by atoms with van der Waals surface area (Å²) in [5.41, 5.74) is 0. The molecule has 0 spiro atoms. The molecular weight excluding hydrogens is 187 g/mol. The number of carbonyl (C=O) groups is 1. The van der Waals surface area contributed by atoms with Crippen LogP contribution in [0.1, 0.15) is 19.3 Å². The van der Waals surface area contributed by atoms with Crippen molar-refractivity contribution in [1.29, 1.82) is 0 Å². The second kappa shape index (κ2) is 3.63. The summed E-state index contributed by atoms with van der Waals surface area (Å²) in [7, 11) is 0. The van der Waals surface area contributed by atoms with Gasteiger partial charge in [-0.15, -0.1) is 23.2 Å². The highest BCUT2D eigenvalue weighted by Gasteiger charge is 2.36. The van der Waals surface area contributed by atoms with Crippen LogP contribution in [0.2, 0.25) is 0 Å². The molecule has 0 aromatic heterocycles. The molecule has 64 valence electrons. The lowest BCUT2D eigenvalue weighted by Crippen LogP contribution is -2.35. The summed E-state index contributed by atoms with van der Waals surface area (Å²) >= 11 is 11.6. The summed E-state index contributed by atoms with van der Waals surface area (Å²) in [5, 5.41) is 8.13. The molecular formula is C7H10Cl2O2. The van der Waals surface area contributed by atoms with E-state index in [0.717, 1.165) is 19.3 Å². The summed E-state index contributed by atoms with van der Waals surface area (Å²) in [6.45, 7) is 0. The van der Waals surface area contributed by atoms with E-state index in [9.17, 15) is 4.79 Å². The van der Waals surface area contributed by atoms with Crippen LogP contribution in [0, 0.1) is 5.92 Å². The van der Waals surface area contributed by atoms with Gasteiger partial charge in [0.2, 0.25) is 0 Å². The second-order valence-corrected chi connectivity index (χ2v) is 3.95. The minimum absolute atomic E-state index is 0.288. The predicted molar refractivity (Wildman–Crippen MR) is 44.3 cm³/mol. The van der Waals surface area contributed by atoms with Crippen molar-refractivity contribution in [2.75, 3.05) is 0 Å². The molecule has 2 atom stereocenters. The lowest BCUT2D eigenvalue weighted by Gasteiger charge is -2.27. The molecule has 0 aromatic carbocycles. The normalized spacial score (nSPS) is 38.5. The first kappa shape index (κ1) is 9.14. The van der Waals surface area contributed by atoms with E-state index >= 15 is 0 Å². The fraction of sp³-hybridized carbons (Fsp3) is 0.857. The van der Waals surface area contributed by atoms with Gasteiger partial charge < -0.3 is 5.11 Å². The number of rotatable bonds is 1. The molecule has 1 saturated carbocycles. The van der Waals surface area contributed by atoms with Crippen molar-refractivity contribution in [1.82, 2.24) is 0 Å². The summed E-state index contributed by atoms with van der Waals surface area (Å²) in [6, 6.07) is 0. The van der Waals surface area contributed by atoms with E-state index in [4.69, 9.17) is 28.3 Å². The maximum absolute atomic E-state index is 10.6. The average Bonchev–Trinajstić information content (AvgIpc) is 1.85. The summed E-state index contributed by atoms with van der Waals surface area (Å²) in [5.74, 6) is -1.43. The van der Waals surface area contributed by atoms with Crippen LogP contribution in [0.4, 0.5) is 0 Å². The Kier molecular flexibility index (Phi) is 3.02. The lowest BCUT2D eigenvalue weighted by atomic mass is 9.88. The number of halogens is 2. The molecule has 11 heavy (non-hydrogen) atoms. The van der Waals surface area contributed by atoms with Crippen LogP contribution in [0.15, 0.2) is 0 Å². The molecule has 0 amide bonds. The van der Waals surface area contributed by atoms with E-state index in [-0.39, 0.29) is 10.8 Å². The number of hydrogen-bond acceptors (Lipinski definition) is 1. The predicted octanol–water partition coefficient (Wildman–Crippen LogP) is 2.09. The molecule has 4 heteroatoms. The molecule has 1 fully saturated rings. The molecule has 2 unspecified atom stereocenters. The standard InChI is InChI=1S/C7H10Cl2O2/c8-4-2-1-3-5(9)6(4)7(10)11/h4-6H,1-3H2,(H,10,11). The molecule has 0 aromatic rings. The number of aliphatic carboxylic acids is 1. The van der Waals surface area contributed by atoms with Crippen molar-refractivity contribution < 1.29 is 9.90 Å². The third-order valence-electron chi connectivity index (χ3n) is 2.02. The number of alkyl halides is 2. The fourth-order valence-electron chi connectivity index (χ4n) is 1.40. The largest absolute Gasteiger partial charge is 0.481 e. The van der Waals surface area contributed by atoms with Gasteiger partial charge in [-0.2, -0.15) is 0 Å². The second-order valence-electron chi connectivity index (χ2n) is 2.83. The van der Waals surface area contributed by atoms with Crippen molar-refractivity contribution in [2.24, 2.45) is 5.92 Å². The van der Waals surface area contributed by atoms with Crippen molar-refractivity contribution >= 4 is 29.2 Å². The smallest absolute Gasteiger partial charge is 0.309 e. The Balaban J connectivity index is 2.62. The minimum Gasteiger partial charge on any atom is -0.481 e. The third-order valence-corrected chi connectivity index (χ3v) is 3.00. The topological polar surface area (TPSA) is 37.3 Å². The molecule has 1 rings (SSSR count). The van der Waals surface area contributed by atoms with Gasteiger partial charge in [0.1, 0.15) is 0 Å². The zero-order chi connectivity index (χ0) is 8.43. The fourth-order valence-corrected chi connectivity index (χ4v) is 2.35. The van der Waals surface area contributed by atoms with E-state index in [0.29, 0.717) is 0 Å². The van der Waals surface area contributed by atoms with Gasteiger partial charge >= 0.3 is 5.97 Å². The van der Waals surface area contributed by atoms with E-state index in [1.54, 1.807) is 0 Å². The van der Waals surface area contributed by atoms with Crippen LogP contribution in [0.25, 0.3) is 0 Å². The van der Waals surface area contributed by atoms with E-state index < -0.39 is 11.9 Å². The molecule has 1 N–H and O–H groups in total. The van der Waals surface area contributed by atoms with E-state index in [2.05, 4.69) is 0 Å². The van der Waals surface area contributed by atoms with Gasteiger partial charge in [-0.3, -0.25) is 4.79 Å². The van der Waals surface area contributed by atoms with Gasteiger partial charge in [0.05, 0.1) is 5.92 Å². The van der Waals surface area contributed by atoms with E-state index in [1.165, 1.54) is 0 Å². The Morgan fingerprint density at radius 3 is 2.00 bits per heavy atom. The Labute approximate surface area is 75.5 Å². The molecule has 0 radical (unpaired) electrons. The maximum atomic E-state index is 10.6. The van der Waals surface area contributed by atoms with Crippen LogP contribution in [-0.2, 0) is 4.79 Å². The first-order chi connectivity index (χ1) is 5.13. The zero-order valence-corrected chi connectivity index (χ0v) is 7.48. The summed E-state index contributed by atoms with van der Waals surface area (Å²) < 4.78 is 0. The molecule has 0 heterocycles. The van der Waals surface area contributed by atoms with Crippen LogP contribution < -0.4 is 0 Å². The molecule has 0 saturated heterocycles. The maximum Gasteiger partial charge on any atom is 0.309 e. The molecule has 0 aliphatic heterocycles. The highest BCUT2D eigenvalue weighted by Crippen LogP contribution is 2.32. The molecule has 1 aliphatic carbocycles. The van der Waals surface area contributed by atoms with Gasteiger partial charge in [-0.1, -0.05) is 6.42 Å². The van der Waals surface area contributed by atoms with E-state index in [1.807, 2.05) is 0 Å². The Morgan fingerprint density at radius 2 is 1.73 bits per heavy atom. The van der Waals surface area contributed by atoms with Crippen LogP contribution >= 0.6 is 23.2 Å². The highest BCUT2D eigenvalue weighted by molar-refractivity contribution is 6.26. The van der Waals surface area contributed by atoms with Gasteiger partial charge in [0.15, 0.2) is 0 Å². The lowest BCUT2D eigenvalue weighted by molar-refractivity contribution is -0.142. The quantitative estimate of drug-likeness (QED) is 0.653. The molecule has 1 aliphatic rings. The monoisotopic (exact) mass is 196 g/mol. The Morgan fingerprint density at radius 1 is 1.27 bits per heavy atom. The van der Waals surface area contributed by atoms with Gasteiger partial charge in [-0.25, -0.2) is 0 Å². The highest BCUT2D eigenvalue weighted by atomic mass is 35.5. The number of hydrogen-bond donors (Lipinski definition) is 1. The van der Waals surface area contributed by atoms with Crippen molar-refractivity contribution in [3.63, 3.8) is 0 Å². The SMILES string of the molecule is O=C(O)C1C(Cl)CCCC1Cl. The van der Waals surface area contributed by atoms with Crippen molar-refractivity contribution in [2.45, 2.75) is 30.0 Å². The third kappa shape index (κ3) is 2.00. The van der Waals surface area contributed by atoms with Crippen molar-refractivity contribution in [3.05, 3.63) is 0 Å². The Hall–Kier alpha value is 0.0500. The summed E-state index contributed by atoms with van der Waals surface area (Å²) in [6.07, 6.45) is 2.47. The summed E-state index contributed by atoms with van der Waals surface area (Å²) in [4.78, 5) is 10.6. The first-order valence-corrected chi connectivity index (χ1v) is 4.51. The number of carboxylic acids is 1. The minimum atomic E-state index is -0.871.